The largest absolute Gasteiger partial charge is 0.573 e. The van der Waals surface area contributed by atoms with Gasteiger partial charge in [-0.05, 0) is 63.1 Å². The minimum atomic E-state index is -4.72. The monoisotopic (exact) mass is 489 g/mol. The van der Waals surface area contributed by atoms with Gasteiger partial charge < -0.3 is 24.1 Å². The van der Waals surface area contributed by atoms with E-state index in [1.54, 1.807) is 26.0 Å². The third-order valence-corrected chi connectivity index (χ3v) is 5.05. The van der Waals surface area contributed by atoms with Crippen LogP contribution in [0.25, 0.3) is 0 Å². The van der Waals surface area contributed by atoms with Crippen LogP contribution in [0.2, 0.25) is 0 Å². The van der Waals surface area contributed by atoms with Gasteiger partial charge in [0.2, 0.25) is 5.69 Å². The fourth-order valence-corrected chi connectivity index (χ4v) is 3.54. The molecule has 1 saturated carbocycles. The summed E-state index contributed by atoms with van der Waals surface area (Å²) in [4.78, 5) is 12.2. The maximum absolute atomic E-state index is 12.3. The van der Waals surface area contributed by atoms with Gasteiger partial charge >= 0.3 is 12.3 Å². The fourth-order valence-electron chi connectivity index (χ4n) is 3.54. The summed E-state index contributed by atoms with van der Waals surface area (Å²) in [5.41, 5.74) is 0.826. The van der Waals surface area contributed by atoms with Gasteiger partial charge in [0.1, 0.15) is 11.9 Å². The summed E-state index contributed by atoms with van der Waals surface area (Å²) in [5.74, 6) is -0.933. The Morgan fingerprint density at radius 1 is 1.18 bits per heavy atom. The molecule has 0 aliphatic heterocycles. The molecule has 1 heterocycles. The Labute approximate surface area is 193 Å². The van der Waals surface area contributed by atoms with Crippen LogP contribution in [0, 0.1) is 0 Å². The lowest BCUT2D eigenvalue weighted by atomic mass is 9.83. The van der Waals surface area contributed by atoms with Crippen LogP contribution in [-0.2, 0) is 14.2 Å². The van der Waals surface area contributed by atoms with Crippen LogP contribution in [0.1, 0.15) is 61.5 Å². The lowest BCUT2D eigenvalue weighted by molar-refractivity contribution is -0.296. The average Bonchev–Trinajstić information content (AvgIpc) is 3.21. The number of aliphatic hydroxyl groups is 1. The molecule has 2 aromatic rings. The number of hydrogen-bond acceptors (Lipinski definition) is 9. The van der Waals surface area contributed by atoms with E-state index in [0.717, 1.165) is 18.4 Å². The predicted octanol–water partition coefficient (Wildman–Crippen LogP) is 3.64. The van der Waals surface area contributed by atoms with E-state index in [1.807, 2.05) is 0 Å². The second kappa shape index (κ2) is 11.5. The number of carbonyl (C=O) groups is 1. The molecule has 13 heteroatoms. The Morgan fingerprint density at radius 3 is 2.47 bits per heavy atom. The molecule has 1 aromatic carbocycles. The highest BCUT2D eigenvalue weighted by Gasteiger charge is 2.31. The standard InChI is InChI=1S/C21H26F3N3O7/c1-12(2)32-20(29)31-11-30-19(28)17-18(26-27-25-17)33-15-7-3-13(4-8-15)14-5-9-16(10-6-14)34-21(22,23)24/h5-6,9-10,12-13,15,20,29H,3-4,7-8,11H2,1-2H3,(H,25,26,27). The molecule has 10 nitrogen and oxygen atoms in total. The number of halogens is 3. The van der Waals surface area contributed by atoms with E-state index in [9.17, 15) is 23.1 Å². The minimum absolute atomic E-state index is 0.0129. The lowest BCUT2D eigenvalue weighted by Crippen LogP contribution is -2.25. The van der Waals surface area contributed by atoms with Gasteiger partial charge in [0, 0.05) is 0 Å². The molecule has 0 radical (unpaired) electrons. The van der Waals surface area contributed by atoms with E-state index < -0.39 is 25.6 Å². The predicted molar refractivity (Wildman–Crippen MR) is 109 cm³/mol. The molecule has 0 amide bonds. The first-order valence-corrected chi connectivity index (χ1v) is 10.7. The summed E-state index contributed by atoms with van der Waals surface area (Å²) in [6.07, 6.45) is -2.45. The average molecular weight is 489 g/mol. The highest BCUT2D eigenvalue weighted by Crippen LogP contribution is 2.35. The third kappa shape index (κ3) is 7.85. The number of aliphatic hydroxyl groups excluding tert-OH is 1. The Morgan fingerprint density at radius 2 is 1.85 bits per heavy atom. The molecule has 1 aliphatic rings. The lowest BCUT2D eigenvalue weighted by Gasteiger charge is -2.28. The maximum atomic E-state index is 12.3. The van der Waals surface area contributed by atoms with Crippen LogP contribution in [0.5, 0.6) is 11.6 Å². The number of nitrogens with zero attached hydrogens (tertiary/aromatic N) is 2. The van der Waals surface area contributed by atoms with Crippen molar-refractivity contribution >= 4 is 5.97 Å². The summed E-state index contributed by atoms with van der Waals surface area (Å²) in [6.45, 7) is 1.32. The number of hydrogen-bond donors (Lipinski definition) is 2. The van der Waals surface area contributed by atoms with Crippen LogP contribution in [-0.4, -0.2) is 58.3 Å². The van der Waals surface area contributed by atoms with E-state index in [1.165, 1.54) is 12.1 Å². The number of alkyl halides is 3. The number of carbonyl (C=O) groups excluding carboxylic acids is 1. The van der Waals surface area contributed by atoms with Crippen LogP contribution < -0.4 is 9.47 Å². The number of aromatic nitrogens is 3. The van der Waals surface area contributed by atoms with E-state index in [0.29, 0.717) is 12.8 Å². The number of aromatic amines is 1. The van der Waals surface area contributed by atoms with Gasteiger partial charge in [-0.25, -0.2) is 9.89 Å². The molecule has 34 heavy (non-hydrogen) atoms. The number of benzene rings is 1. The molecular weight excluding hydrogens is 463 g/mol. The van der Waals surface area contributed by atoms with E-state index in [-0.39, 0.29) is 35.4 Å². The summed E-state index contributed by atoms with van der Waals surface area (Å²) >= 11 is 0. The molecular formula is C21H26F3N3O7. The molecule has 1 unspecified atom stereocenters. The van der Waals surface area contributed by atoms with Gasteiger partial charge in [0.05, 0.1) is 6.10 Å². The maximum Gasteiger partial charge on any atom is 0.573 e. The number of ether oxygens (including phenoxy) is 5. The quantitative estimate of drug-likeness (QED) is 0.380. The minimum Gasteiger partial charge on any atom is -0.472 e. The van der Waals surface area contributed by atoms with Gasteiger partial charge in [-0.2, -0.15) is 0 Å². The molecule has 2 N–H and O–H groups in total. The van der Waals surface area contributed by atoms with Crippen LogP contribution in [0.4, 0.5) is 13.2 Å². The van der Waals surface area contributed by atoms with Crippen molar-refractivity contribution in [1.82, 2.24) is 15.4 Å². The van der Waals surface area contributed by atoms with E-state index in [2.05, 4.69) is 20.1 Å². The molecule has 188 valence electrons. The first kappa shape index (κ1) is 25.7. The molecule has 1 aliphatic carbocycles. The van der Waals surface area contributed by atoms with Gasteiger partial charge in [-0.3, -0.25) is 4.74 Å². The van der Waals surface area contributed by atoms with Crippen molar-refractivity contribution in [1.29, 1.82) is 0 Å². The number of rotatable bonds is 10. The third-order valence-electron chi connectivity index (χ3n) is 5.05. The SMILES string of the molecule is CC(C)OC(O)OCOC(=O)c1[nH]nnc1OC1CCC(c2ccc(OC(F)(F)F)cc2)CC1. The Balaban J connectivity index is 1.46. The van der Waals surface area contributed by atoms with E-state index in [4.69, 9.17) is 18.9 Å². The number of nitrogens with one attached hydrogen (secondary N) is 1. The molecule has 0 saturated heterocycles. The first-order chi connectivity index (χ1) is 16.1. The zero-order valence-corrected chi connectivity index (χ0v) is 18.6. The van der Waals surface area contributed by atoms with Crippen LogP contribution in [0.3, 0.4) is 0 Å². The van der Waals surface area contributed by atoms with Crippen molar-refractivity contribution in [3.05, 3.63) is 35.5 Å². The Bertz CT molecular complexity index is 913. The molecule has 0 bridgehead atoms. The smallest absolute Gasteiger partial charge is 0.472 e. The second-order valence-corrected chi connectivity index (χ2v) is 7.91. The zero-order chi connectivity index (χ0) is 24.7. The van der Waals surface area contributed by atoms with Gasteiger partial charge in [-0.15, -0.1) is 13.2 Å². The first-order valence-electron chi connectivity index (χ1n) is 10.7. The van der Waals surface area contributed by atoms with Crippen molar-refractivity contribution in [2.75, 3.05) is 6.79 Å². The molecule has 1 atom stereocenters. The summed E-state index contributed by atoms with van der Waals surface area (Å²) in [5, 5.41) is 19.2. The van der Waals surface area contributed by atoms with Crippen molar-refractivity contribution in [2.45, 2.75) is 70.5 Å². The number of esters is 1. The number of H-pyrrole nitrogens is 1. The topological polar surface area (TPSA) is 125 Å². The summed E-state index contributed by atoms with van der Waals surface area (Å²) in [6, 6.07) is 5.86. The van der Waals surface area contributed by atoms with Crippen molar-refractivity contribution in [2.24, 2.45) is 0 Å². The van der Waals surface area contributed by atoms with Gasteiger partial charge in [-0.1, -0.05) is 22.4 Å². The summed E-state index contributed by atoms with van der Waals surface area (Å²) in [7, 11) is 0. The highest BCUT2D eigenvalue weighted by molar-refractivity contribution is 5.89. The Kier molecular flexibility index (Phi) is 8.69. The molecule has 1 fully saturated rings. The van der Waals surface area contributed by atoms with E-state index >= 15 is 0 Å². The van der Waals surface area contributed by atoms with Crippen molar-refractivity contribution < 1.29 is 46.8 Å². The van der Waals surface area contributed by atoms with Crippen LogP contribution in [0.15, 0.2) is 24.3 Å². The zero-order valence-electron chi connectivity index (χ0n) is 18.6. The van der Waals surface area contributed by atoms with Crippen molar-refractivity contribution in [3.63, 3.8) is 0 Å². The highest BCUT2D eigenvalue weighted by atomic mass is 19.4. The van der Waals surface area contributed by atoms with Gasteiger partial charge in [0.25, 0.3) is 12.4 Å². The fraction of sp³-hybridized carbons (Fsp3) is 0.571. The Hall–Kier alpha value is -2.90. The van der Waals surface area contributed by atoms with Crippen molar-refractivity contribution in [3.8, 4) is 11.6 Å². The van der Waals surface area contributed by atoms with Crippen LogP contribution >= 0.6 is 0 Å². The normalized spacial score (nSPS) is 19.6. The molecule has 1 aromatic heterocycles. The summed E-state index contributed by atoms with van der Waals surface area (Å²) < 4.78 is 61.3. The molecule has 0 spiro atoms. The molecule has 3 rings (SSSR count). The second-order valence-electron chi connectivity index (χ2n) is 7.91. The van der Waals surface area contributed by atoms with Gasteiger partial charge in [0.15, 0.2) is 6.79 Å².